The number of amides is 2. The highest BCUT2D eigenvalue weighted by Crippen LogP contribution is 2.24. The van der Waals surface area contributed by atoms with Crippen LogP contribution in [0.1, 0.15) is 33.1 Å². The van der Waals surface area contributed by atoms with Gasteiger partial charge in [-0.3, -0.25) is 9.59 Å². The van der Waals surface area contributed by atoms with E-state index < -0.39 is 0 Å². The fraction of sp³-hybridized carbons (Fsp3) is 0.467. The predicted molar refractivity (Wildman–Crippen MR) is 90.4 cm³/mol. The van der Waals surface area contributed by atoms with Crippen molar-refractivity contribution in [3.63, 3.8) is 0 Å². The summed E-state index contributed by atoms with van der Waals surface area (Å²) in [5, 5.41) is 5.51. The van der Waals surface area contributed by atoms with Crippen molar-refractivity contribution in [2.24, 2.45) is 0 Å². The second-order valence-corrected chi connectivity index (χ2v) is 5.08. The van der Waals surface area contributed by atoms with Gasteiger partial charge in [0.15, 0.2) is 0 Å². The van der Waals surface area contributed by atoms with Crippen LogP contribution in [-0.2, 0) is 9.59 Å². The van der Waals surface area contributed by atoms with Gasteiger partial charge in [0.2, 0.25) is 11.8 Å². The maximum absolute atomic E-state index is 11.8. The first-order chi connectivity index (χ1) is 9.92. The Labute approximate surface area is 137 Å². The smallest absolute Gasteiger partial charge is 0.224 e. The van der Waals surface area contributed by atoms with Gasteiger partial charge in [-0.25, -0.2) is 0 Å². The Bertz CT molecular complexity index is 507. The van der Waals surface area contributed by atoms with Crippen LogP contribution in [0.2, 0.25) is 0 Å². The third kappa shape index (κ3) is 7.17. The van der Waals surface area contributed by atoms with E-state index in [-0.39, 0.29) is 36.7 Å². The summed E-state index contributed by atoms with van der Waals surface area (Å²) in [7, 11) is 1.55. The van der Waals surface area contributed by atoms with E-state index in [4.69, 9.17) is 10.5 Å². The van der Waals surface area contributed by atoms with Crippen LogP contribution >= 0.6 is 12.4 Å². The minimum atomic E-state index is -0.174. The van der Waals surface area contributed by atoms with E-state index in [1.165, 1.54) is 0 Å². The quantitative estimate of drug-likeness (QED) is 0.669. The van der Waals surface area contributed by atoms with E-state index in [2.05, 4.69) is 10.6 Å². The molecule has 0 atom stereocenters. The molecule has 0 unspecified atom stereocenters. The molecule has 0 radical (unpaired) electrons. The Morgan fingerprint density at radius 3 is 2.45 bits per heavy atom. The van der Waals surface area contributed by atoms with E-state index in [9.17, 15) is 9.59 Å². The minimum absolute atomic E-state index is 0. The van der Waals surface area contributed by atoms with Crippen molar-refractivity contribution in [3.05, 3.63) is 18.2 Å². The van der Waals surface area contributed by atoms with Gasteiger partial charge in [0, 0.05) is 24.9 Å². The second kappa shape index (κ2) is 9.89. The SMILES string of the molecule is COc1ccc(N)c(NC(=O)CCCC(=O)NC(C)C)c1.Cl. The molecule has 4 N–H and O–H groups in total. The van der Waals surface area contributed by atoms with Crippen LogP contribution in [0.5, 0.6) is 5.75 Å². The lowest BCUT2D eigenvalue weighted by Crippen LogP contribution is -2.30. The van der Waals surface area contributed by atoms with Crippen molar-refractivity contribution in [1.82, 2.24) is 5.32 Å². The number of ether oxygens (including phenoxy) is 1. The lowest BCUT2D eigenvalue weighted by Gasteiger charge is -2.10. The van der Waals surface area contributed by atoms with Crippen LogP contribution in [0, 0.1) is 0 Å². The summed E-state index contributed by atoms with van der Waals surface area (Å²) in [5.74, 6) is 0.404. The molecule has 1 rings (SSSR count). The first kappa shape index (κ1) is 20.1. The summed E-state index contributed by atoms with van der Waals surface area (Å²) in [4.78, 5) is 23.3. The Morgan fingerprint density at radius 1 is 1.23 bits per heavy atom. The van der Waals surface area contributed by atoms with Crippen molar-refractivity contribution in [2.45, 2.75) is 39.2 Å². The van der Waals surface area contributed by atoms with Gasteiger partial charge in [-0.1, -0.05) is 0 Å². The van der Waals surface area contributed by atoms with Crippen LogP contribution in [0.3, 0.4) is 0 Å². The number of nitrogen functional groups attached to an aromatic ring is 1. The molecule has 0 bridgehead atoms. The van der Waals surface area contributed by atoms with Crippen molar-refractivity contribution in [3.8, 4) is 5.75 Å². The number of carbonyl (C=O) groups is 2. The number of rotatable bonds is 7. The molecule has 0 spiro atoms. The van der Waals surface area contributed by atoms with Crippen LogP contribution in [-0.4, -0.2) is 25.0 Å². The average Bonchev–Trinajstić information content (AvgIpc) is 2.40. The highest BCUT2D eigenvalue weighted by Gasteiger charge is 2.09. The number of benzene rings is 1. The van der Waals surface area contributed by atoms with Crippen LogP contribution in [0.4, 0.5) is 11.4 Å². The molecule has 6 nitrogen and oxygen atoms in total. The fourth-order valence-corrected chi connectivity index (χ4v) is 1.79. The lowest BCUT2D eigenvalue weighted by atomic mass is 10.2. The first-order valence-electron chi connectivity index (χ1n) is 6.95. The molecular weight excluding hydrogens is 306 g/mol. The molecule has 0 heterocycles. The Balaban J connectivity index is 0.00000441. The highest BCUT2D eigenvalue weighted by atomic mass is 35.5. The molecule has 0 saturated carbocycles. The topological polar surface area (TPSA) is 93.4 Å². The Kier molecular flexibility index (Phi) is 9.01. The third-order valence-corrected chi connectivity index (χ3v) is 2.79. The number of carbonyl (C=O) groups excluding carboxylic acids is 2. The minimum Gasteiger partial charge on any atom is -0.497 e. The monoisotopic (exact) mass is 329 g/mol. The number of methoxy groups -OCH3 is 1. The van der Waals surface area contributed by atoms with Gasteiger partial charge in [-0.2, -0.15) is 0 Å². The Morgan fingerprint density at radius 2 is 1.86 bits per heavy atom. The van der Waals surface area contributed by atoms with Crippen molar-refractivity contribution in [1.29, 1.82) is 0 Å². The zero-order valence-corrected chi connectivity index (χ0v) is 14.0. The molecule has 2 amide bonds. The molecule has 22 heavy (non-hydrogen) atoms. The fourth-order valence-electron chi connectivity index (χ4n) is 1.79. The molecule has 0 aromatic heterocycles. The van der Waals surface area contributed by atoms with Gasteiger partial charge >= 0.3 is 0 Å². The summed E-state index contributed by atoms with van der Waals surface area (Å²) in [6, 6.07) is 5.17. The molecule has 0 fully saturated rings. The summed E-state index contributed by atoms with van der Waals surface area (Å²) in [6.07, 6.45) is 1.09. The first-order valence-corrected chi connectivity index (χ1v) is 6.95. The molecule has 7 heteroatoms. The van der Waals surface area contributed by atoms with Gasteiger partial charge in [0.05, 0.1) is 18.5 Å². The number of halogens is 1. The van der Waals surface area contributed by atoms with Crippen molar-refractivity contribution in [2.75, 3.05) is 18.2 Å². The standard InChI is InChI=1S/C15H23N3O3.ClH/c1-10(2)17-14(19)5-4-6-15(20)18-13-9-11(21-3)7-8-12(13)16;/h7-10H,4-6,16H2,1-3H3,(H,17,19)(H,18,20);1H. The Hall–Kier alpha value is -1.95. The number of hydrogen-bond acceptors (Lipinski definition) is 4. The number of nitrogens with two attached hydrogens (primary N) is 1. The highest BCUT2D eigenvalue weighted by molar-refractivity contribution is 5.94. The summed E-state index contributed by atoms with van der Waals surface area (Å²) >= 11 is 0. The van der Waals surface area contributed by atoms with Gasteiger partial charge in [-0.15, -0.1) is 12.4 Å². The largest absolute Gasteiger partial charge is 0.497 e. The summed E-state index contributed by atoms with van der Waals surface area (Å²) in [5.41, 5.74) is 6.78. The van der Waals surface area contributed by atoms with Gasteiger partial charge in [0.25, 0.3) is 0 Å². The molecular formula is C15H24ClN3O3. The van der Waals surface area contributed by atoms with Crippen molar-refractivity contribution < 1.29 is 14.3 Å². The number of hydrogen-bond donors (Lipinski definition) is 3. The maximum atomic E-state index is 11.8. The summed E-state index contributed by atoms with van der Waals surface area (Å²) < 4.78 is 5.08. The third-order valence-electron chi connectivity index (χ3n) is 2.79. The molecule has 1 aromatic carbocycles. The lowest BCUT2D eigenvalue weighted by molar-refractivity contribution is -0.121. The number of nitrogens with one attached hydrogen (secondary N) is 2. The maximum Gasteiger partial charge on any atom is 0.224 e. The van der Waals surface area contributed by atoms with E-state index in [0.29, 0.717) is 30.0 Å². The molecule has 0 aliphatic rings. The zero-order valence-electron chi connectivity index (χ0n) is 13.1. The van der Waals surface area contributed by atoms with E-state index in [1.54, 1.807) is 25.3 Å². The van der Waals surface area contributed by atoms with E-state index in [1.807, 2.05) is 13.8 Å². The van der Waals surface area contributed by atoms with Crippen LogP contribution < -0.4 is 21.1 Å². The number of anilines is 2. The van der Waals surface area contributed by atoms with Gasteiger partial charge < -0.3 is 21.1 Å². The summed E-state index contributed by atoms with van der Waals surface area (Å²) in [6.45, 7) is 3.80. The molecule has 0 aliphatic heterocycles. The molecule has 0 saturated heterocycles. The predicted octanol–water partition coefficient (Wildman–Crippen LogP) is 2.33. The zero-order chi connectivity index (χ0) is 15.8. The van der Waals surface area contributed by atoms with E-state index in [0.717, 1.165) is 0 Å². The van der Waals surface area contributed by atoms with Crippen molar-refractivity contribution >= 4 is 35.6 Å². The normalized spacial score (nSPS) is 9.82. The second-order valence-electron chi connectivity index (χ2n) is 5.08. The molecule has 0 aliphatic carbocycles. The molecule has 1 aromatic rings. The van der Waals surface area contributed by atoms with Gasteiger partial charge in [-0.05, 0) is 32.4 Å². The molecule has 124 valence electrons. The van der Waals surface area contributed by atoms with E-state index >= 15 is 0 Å². The van der Waals surface area contributed by atoms with Gasteiger partial charge in [0.1, 0.15) is 5.75 Å². The van der Waals surface area contributed by atoms with Crippen LogP contribution in [0.25, 0.3) is 0 Å². The average molecular weight is 330 g/mol. The van der Waals surface area contributed by atoms with Crippen LogP contribution in [0.15, 0.2) is 18.2 Å².